The topological polar surface area (TPSA) is 0 Å². The first-order valence-corrected chi connectivity index (χ1v) is 30.7. The van der Waals surface area contributed by atoms with Crippen LogP contribution in [0.15, 0.2) is 0 Å². The van der Waals surface area contributed by atoms with Crippen LogP contribution < -0.4 is 0 Å². The Morgan fingerprint density at radius 1 is 0.338 bits per heavy atom. The number of hydrogen-bond acceptors (Lipinski definition) is 0. The van der Waals surface area contributed by atoms with Gasteiger partial charge in [0.25, 0.3) is 0 Å². The summed E-state index contributed by atoms with van der Waals surface area (Å²) in [5.41, 5.74) is 0. The summed E-state index contributed by atoms with van der Waals surface area (Å²) >= 11 is 0. The van der Waals surface area contributed by atoms with Gasteiger partial charge in [-0.2, -0.15) is 0 Å². The molecule has 0 bridgehead atoms. The van der Waals surface area contributed by atoms with E-state index in [-0.39, 0.29) is 23.6 Å². The maximum atomic E-state index is 7.74. The minimum atomic E-state index is -2.60. The van der Waals surface area contributed by atoms with E-state index in [0.29, 0.717) is 5.92 Å². The maximum absolute atomic E-state index is 7.74. The molecule has 0 aromatic carbocycles. The first kappa shape index (κ1) is 69.0. The second-order valence-electron chi connectivity index (χ2n) is 25.3. The van der Waals surface area contributed by atoms with Crippen LogP contribution in [0.5, 0.6) is 0 Å². The molecule has 1 atom stereocenters. The van der Waals surface area contributed by atoms with Crippen LogP contribution in [0.1, 0.15) is 384 Å². The van der Waals surface area contributed by atoms with Gasteiger partial charge in [0.05, 0.1) is 0 Å². The Morgan fingerprint density at radius 3 is 0.690 bits per heavy atom. The van der Waals surface area contributed by atoms with Gasteiger partial charge in [0.15, 0.2) is 0 Å². The summed E-state index contributed by atoms with van der Waals surface area (Å²) in [6.45, 7) is 77.0. The molecule has 0 saturated carbocycles. The summed E-state index contributed by atoms with van der Waals surface area (Å²) in [5, 5.41) is 0. The standard InChI is InChI=1S/2C8H18.3C7H16.3C6H14.C5H12.2C4H10.C3H8/c1-5-8(6-2)7(3)4;1-4-5-6-7-8(2)3;2*1-6(2)5-7(3)4;1-5-7(4)6(2)3;2*1-5(2)6(3)4;1-4-5-6(2)3;1-4-5(2)3;2*1-4(2)3;1-3-2/h7-8H,5-6H2,1-4H3;8H,4-7H2,1-3H3;3*6-7H,5H2,1-4H3;2*5-6H,1-4H3;6H,4-5H2,1-3H3;5H,4H2,1-3H3;2*4H,1-3H3;3H2,1-2H3/i;;5D2;;4D3,5D2,7D;5D;;;;1D3;;. The molecule has 0 rings (SSSR count). The van der Waals surface area contributed by atoms with E-state index in [1.807, 2.05) is 41.5 Å². The smallest absolute Gasteiger partial charge is 0.0302 e. The molecule has 450 valence electrons. The zero-order chi connectivity index (χ0) is 70.4. The van der Waals surface area contributed by atoms with E-state index in [4.69, 9.17) is 16.4 Å². The Labute approximate surface area is 482 Å². The van der Waals surface area contributed by atoms with Crippen molar-refractivity contribution in [3.63, 3.8) is 0 Å². The first-order chi connectivity index (χ1) is 36.7. The Hall–Kier alpha value is 0. The van der Waals surface area contributed by atoms with Gasteiger partial charge in [-0.05, 0) is 113 Å². The summed E-state index contributed by atoms with van der Waals surface area (Å²) in [7, 11) is 0. The summed E-state index contributed by atoms with van der Waals surface area (Å²) in [5.74, 6) is 6.47. The highest BCUT2D eigenvalue weighted by molar-refractivity contribution is 4.57. The van der Waals surface area contributed by atoms with Crippen molar-refractivity contribution in [3.05, 3.63) is 0 Å². The second-order valence-corrected chi connectivity index (χ2v) is 25.3. The Kier molecular flexibility index (Phi) is 79.1. The minimum absolute atomic E-state index is 0.123. The fourth-order valence-corrected chi connectivity index (χ4v) is 4.51. The molecule has 0 nitrogen and oxygen atoms in total. The Morgan fingerprint density at radius 2 is 0.648 bits per heavy atom. The van der Waals surface area contributed by atoms with Gasteiger partial charge in [-0.3, -0.25) is 0 Å². The fraction of sp³-hybridized carbons (Fsp3) is 1.00. The summed E-state index contributed by atoms with van der Waals surface area (Å²) < 4.78 is 86.6. The maximum Gasteiger partial charge on any atom is 0.0302 e. The lowest BCUT2D eigenvalue weighted by atomic mass is 9.91. The SMILES string of the molecule is CC(C)C.CC(C)C(C)C.CC(C)CC(C)C.CCC.CCC(C)C.CCC(CC)C(C)C.CCCC(C)C.CCCCCC(C)C.[2H]C(C)(C)C(C)C.[2H]C([2H])(C(C)C)C(C)C.[2H]C([2H])([2H])C(C)C.[2H]C([2H])([2H])C([2H])(C(C)C)C([2H])([2H])C. The van der Waals surface area contributed by atoms with Gasteiger partial charge in [0.2, 0.25) is 0 Å². The lowest BCUT2D eigenvalue weighted by Gasteiger charge is -2.15. The van der Waals surface area contributed by atoms with E-state index in [2.05, 4.69) is 194 Å². The van der Waals surface area contributed by atoms with Crippen LogP contribution >= 0.6 is 0 Å². The van der Waals surface area contributed by atoms with E-state index in [1.54, 1.807) is 27.7 Å². The molecule has 0 aliphatic rings. The van der Waals surface area contributed by atoms with Crippen LogP contribution in [0, 0.1) is 101 Å². The summed E-state index contributed by atoms with van der Waals surface area (Å²) in [4.78, 5) is 0. The van der Waals surface area contributed by atoms with Crippen LogP contribution in [-0.4, -0.2) is 0 Å². The molecular formula is C71H166. The molecule has 0 aromatic rings. The number of rotatable bonds is 18. The van der Waals surface area contributed by atoms with E-state index >= 15 is 0 Å². The molecule has 0 heterocycles. The van der Waals surface area contributed by atoms with Crippen molar-refractivity contribution in [2.45, 2.75) is 367 Å². The predicted molar refractivity (Wildman–Crippen MR) is 352 cm³/mol. The monoisotopic (exact) mass is 1030 g/mol. The van der Waals surface area contributed by atoms with Gasteiger partial charge < -0.3 is 0 Å². The Bertz CT molecular complexity index is 1120. The first-order valence-electron chi connectivity index (χ1n) is 36.7. The van der Waals surface area contributed by atoms with Gasteiger partial charge in [0.1, 0.15) is 0 Å². The quantitative estimate of drug-likeness (QED) is 0.120. The van der Waals surface area contributed by atoms with Crippen molar-refractivity contribution >= 4 is 0 Å². The van der Waals surface area contributed by atoms with Crippen molar-refractivity contribution in [1.29, 1.82) is 0 Å². The molecule has 0 heteroatoms. The van der Waals surface area contributed by atoms with Crippen molar-refractivity contribution < 1.29 is 16.4 Å². The third-order valence-electron chi connectivity index (χ3n) is 10.0. The summed E-state index contributed by atoms with van der Waals surface area (Å²) in [6.07, 6.45) is 11.9. The molecule has 0 saturated heterocycles. The third kappa shape index (κ3) is 202. The van der Waals surface area contributed by atoms with E-state index in [9.17, 15) is 0 Å². The highest BCUT2D eigenvalue weighted by Gasteiger charge is 2.06. The predicted octanol–water partition coefficient (Wildman–Crippen LogP) is 28.2. The molecule has 0 N–H and O–H groups in total. The molecule has 0 spiro atoms. The zero-order valence-corrected chi connectivity index (χ0v) is 58.4. The van der Waals surface area contributed by atoms with Gasteiger partial charge in [-0.15, -0.1) is 0 Å². The summed E-state index contributed by atoms with van der Waals surface area (Å²) in [6, 6.07) is 0. The van der Waals surface area contributed by atoms with Crippen molar-refractivity contribution in [2.24, 2.45) is 101 Å². The molecule has 71 heavy (non-hydrogen) atoms. The molecule has 0 aliphatic carbocycles. The number of unbranched alkanes of at least 4 members (excludes halogenated alkanes) is 2. The Balaban J connectivity index is -0.0000000672. The van der Waals surface area contributed by atoms with Gasteiger partial charge in [0, 0.05) is 16.4 Å². The molecule has 1 unspecified atom stereocenters. The van der Waals surface area contributed by atoms with Crippen LogP contribution in [0.3, 0.4) is 0 Å². The van der Waals surface area contributed by atoms with Crippen molar-refractivity contribution in [1.82, 2.24) is 0 Å². The van der Waals surface area contributed by atoms with Crippen LogP contribution in [0.4, 0.5) is 0 Å². The molecule has 0 aliphatic heterocycles. The fourth-order valence-electron chi connectivity index (χ4n) is 4.51. The highest BCUT2D eigenvalue weighted by Crippen LogP contribution is 2.17. The average molecular weight is 1030 g/mol. The number of hydrogen-bond donors (Lipinski definition) is 0. The molecular weight excluding hydrogens is 853 g/mol. The molecule has 0 fully saturated rings. The van der Waals surface area contributed by atoms with Gasteiger partial charge in [-0.1, -0.05) is 354 Å². The second kappa shape index (κ2) is 81.4. The lowest BCUT2D eigenvalue weighted by Crippen LogP contribution is -2.04. The van der Waals surface area contributed by atoms with Gasteiger partial charge >= 0.3 is 0 Å². The third-order valence-corrected chi connectivity index (χ3v) is 10.0. The van der Waals surface area contributed by atoms with Crippen LogP contribution in [0.25, 0.3) is 0 Å². The van der Waals surface area contributed by atoms with E-state index < -0.39 is 38.3 Å². The van der Waals surface area contributed by atoms with Crippen LogP contribution in [0.2, 0.25) is 0 Å². The van der Waals surface area contributed by atoms with E-state index in [1.165, 1.54) is 70.6 Å². The van der Waals surface area contributed by atoms with Crippen LogP contribution in [-0.2, 0) is 0 Å². The van der Waals surface area contributed by atoms with Gasteiger partial charge in [-0.25, -0.2) is 0 Å². The van der Waals surface area contributed by atoms with Crippen molar-refractivity contribution in [2.75, 3.05) is 0 Å². The lowest BCUT2D eigenvalue weighted by molar-refractivity contribution is 0.362. The zero-order valence-electron chi connectivity index (χ0n) is 70.4. The molecule has 0 amide bonds. The normalized spacial score (nSPS) is 14.6. The largest absolute Gasteiger partial charge is 0.0656 e. The average Bonchev–Trinajstić information content (AvgIpc) is 3.26. The molecule has 0 aromatic heterocycles. The van der Waals surface area contributed by atoms with Crippen molar-refractivity contribution in [3.8, 4) is 0 Å². The highest BCUT2D eigenvalue weighted by atomic mass is 14.1. The van der Waals surface area contributed by atoms with E-state index in [0.717, 1.165) is 66.1 Å². The minimum Gasteiger partial charge on any atom is -0.0656 e. The molecule has 0 radical (unpaired) electrons.